The molecule has 1 heterocycles. The van der Waals surface area contributed by atoms with Crippen molar-refractivity contribution in [3.05, 3.63) is 11.7 Å². The summed E-state index contributed by atoms with van der Waals surface area (Å²) in [7, 11) is 0. The number of nitrogens with zero attached hydrogens (tertiary/aromatic N) is 2. The van der Waals surface area contributed by atoms with Gasteiger partial charge in [0.2, 0.25) is 5.89 Å². The minimum absolute atomic E-state index is 0.0671. The number of hydrogen-bond acceptors (Lipinski definition) is 4. The van der Waals surface area contributed by atoms with E-state index in [2.05, 4.69) is 17.1 Å². The molecule has 2 atom stereocenters. The first-order chi connectivity index (χ1) is 9.18. The van der Waals surface area contributed by atoms with Gasteiger partial charge in [-0.05, 0) is 38.0 Å². The predicted molar refractivity (Wildman–Crippen MR) is 73.8 cm³/mol. The number of aromatic nitrogens is 2. The van der Waals surface area contributed by atoms with Gasteiger partial charge in [-0.25, -0.2) is 0 Å². The van der Waals surface area contributed by atoms with Crippen LogP contribution in [0.25, 0.3) is 0 Å². The van der Waals surface area contributed by atoms with Gasteiger partial charge in [0.05, 0.1) is 0 Å². The molecule has 2 fully saturated rings. The molecule has 0 radical (unpaired) electrons. The maximum Gasteiger partial charge on any atom is 0.228 e. The highest BCUT2D eigenvalue weighted by atomic mass is 16.5. The zero-order valence-corrected chi connectivity index (χ0v) is 11.9. The van der Waals surface area contributed by atoms with Gasteiger partial charge in [0.1, 0.15) is 0 Å². The standard InChI is InChI=1S/C15H25N3O/c1-2-11-5-3-6-12(9-11)14-17-13(19-18-14)10-15(16)7-4-8-15/h11-12H,2-10,16H2,1H3. The van der Waals surface area contributed by atoms with Crippen LogP contribution in [-0.2, 0) is 6.42 Å². The van der Waals surface area contributed by atoms with Crippen molar-refractivity contribution in [2.45, 2.75) is 76.2 Å². The van der Waals surface area contributed by atoms with E-state index in [1.54, 1.807) is 0 Å². The summed E-state index contributed by atoms with van der Waals surface area (Å²) < 4.78 is 5.42. The molecule has 3 rings (SSSR count). The van der Waals surface area contributed by atoms with E-state index in [-0.39, 0.29) is 5.54 Å². The molecule has 0 aliphatic heterocycles. The largest absolute Gasteiger partial charge is 0.339 e. The Morgan fingerprint density at radius 3 is 2.84 bits per heavy atom. The molecule has 1 aromatic rings. The van der Waals surface area contributed by atoms with Gasteiger partial charge in [0, 0.05) is 17.9 Å². The minimum atomic E-state index is -0.0671. The van der Waals surface area contributed by atoms with E-state index in [0.29, 0.717) is 5.92 Å². The van der Waals surface area contributed by atoms with E-state index in [1.807, 2.05) is 0 Å². The van der Waals surface area contributed by atoms with Gasteiger partial charge in [0.15, 0.2) is 5.82 Å². The van der Waals surface area contributed by atoms with Crippen molar-refractivity contribution < 1.29 is 4.52 Å². The molecular formula is C15H25N3O. The fourth-order valence-corrected chi connectivity index (χ4v) is 3.51. The van der Waals surface area contributed by atoms with Crippen molar-refractivity contribution in [3.8, 4) is 0 Å². The lowest BCUT2D eigenvalue weighted by Gasteiger charge is -2.36. The Hall–Kier alpha value is -0.900. The number of hydrogen-bond donors (Lipinski definition) is 1. The van der Waals surface area contributed by atoms with E-state index in [4.69, 9.17) is 10.3 Å². The lowest BCUT2D eigenvalue weighted by molar-refractivity contribution is 0.221. The molecule has 1 aromatic heterocycles. The second-order valence-electron chi connectivity index (χ2n) is 6.58. The molecule has 106 valence electrons. The summed E-state index contributed by atoms with van der Waals surface area (Å²) in [6.07, 6.45) is 10.5. The first kappa shape index (κ1) is 13.1. The minimum Gasteiger partial charge on any atom is -0.339 e. The highest BCUT2D eigenvalue weighted by molar-refractivity contribution is 5.03. The van der Waals surface area contributed by atoms with Crippen LogP contribution in [0, 0.1) is 5.92 Å². The summed E-state index contributed by atoms with van der Waals surface area (Å²) in [6.45, 7) is 2.28. The van der Waals surface area contributed by atoms with Crippen LogP contribution in [-0.4, -0.2) is 15.7 Å². The third kappa shape index (κ3) is 2.83. The van der Waals surface area contributed by atoms with Crippen molar-refractivity contribution in [2.75, 3.05) is 0 Å². The Morgan fingerprint density at radius 2 is 2.16 bits per heavy atom. The van der Waals surface area contributed by atoms with Crippen LogP contribution < -0.4 is 5.73 Å². The van der Waals surface area contributed by atoms with Gasteiger partial charge in [-0.1, -0.05) is 31.3 Å². The fraction of sp³-hybridized carbons (Fsp3) is 0.867. The molecule has 2 aliphatic carbocycles. The van der Waals surface area contributed by atoms with Crippen LogP contribution in [0.15, 0.2) is 4.52 Å². The third-order valence-corrected chi connectivity index (χ3v) is 5.06. The maximum atomic E-state index is 6.24. The van der Waals surface area contributed by atoms with Crippen LogP contribution in [0.1, 0.15) is 75.9 Å². The Morgan fingerprint density at radius 1 is 1.32 bits per heavy atom. The summed E-state index contributed by atoms with van der Waals surface area (Å²) in [5.41, 5.74) is 6.17. The molecule has 0 bridgehead atoms. The fourth-order valence-electron chi connectivity index (χ4n) is 3.51. The van der Waals surface area contributed by atoms with Gasteiger partial charge in [-0.15, -0.1) is 0 Å². The van der Waals surface area contributed by atoms with Crippen molar-refractivity contribution in [1.29, 1.82) is 0 Å². The van der Waals surface area contributed by atoms with Gasteiger partial charge in [-0.2, -0.15) is 4.98 Å². The molecule has 0 aromatic carbocycles. The van der Waals surface area contributed by atoms with E-state index >= 15 is 0 Å². The molecule has 0 amide bonds. The summed E-state index contributed by atoms with van der Waals surface area (Å²) in [5.74, 6) is 3.02. The van der Waals surface area contributed by atoms with Crippen molar-refractivity contribution in [1.82, 2.24) is 10.1 Å². The molecule has 2 unspecified atom stereocenters. The highest BCUT2D eigenvalue weighted by Crippen LogP contribution is 2.37. The first-order valence-corrected chi connectivity index (χ1v) is 7.80. The van der Waals surface area contributed by atoms with Crippen LogP contribution in [0.2, 0.25) is 0 Å². The first-order valence-electron chi connectivity index (χ1n) is 7.80. The normalized spacial score (nSPS) is 30.0. The van der Waals surface area contributed by atoms with Crippen LogP contribution in [0.4, 0.5) is 0 Å². The highest BCUT2D eigenvalue weighted by Gasteiger charge is 2.35. The van der Waals surface area contributed by atoms with Gasteiger partial charge < -0.3 is 10.3 Å². The summed E-state index contributed by atoms with van der Waals surface area (Å²) in [6, 6.07) is 0. The quantitative estimate of drug-likeness (QED) is 0.906. The molecule has 2 aliphatic rings. The van der Waals surface area contributed by atoms with Crippen molar-refractivity contribution in [3.63, 3.8) is 0 Å². The smallest absolute Gasteiger partial charge is 0.228 e. The average molecular weight is 263 g/mol. The van der Waals surface area contributed by atoms with Crippen LogP contribution in [0.3, 0.4) is 0 Å². The Bertz CT molecular complexity index is 425. The zero-order chi connectivity index (χ0) is 13.3. The molecule has 2 saturated carbocycles. The van der Waals surface area contributed by atoms with Gasteiger partial charge in [-0.3, -0.25) is 0 Å². The molecular weight excluding hydrogens is 238 g/mol. The van der Waals surface area contributed by atoms with Crippen LogP contribution >= 0.6 is 0 Å². The van der Waals surface area contributed by atoms with E-state index < -0.39 is 0 Å². The lowest BCUT2D eigenvalue weighted by atomic mass is 9.75. The van der Waals surface area contributed by atoms with Crippen molar-refractivity contribution in [2.24, 2.45) is 11.7 Å². The molecule has 0 saturated heterocycles. The SMILES string of the molecule is CCC1CCCC(c2noc(CC3(N)CCC3)n2)C1. The third-order valence-electron chi connectivity index (χ3n) is 5.06. The maximum absolute atomic E-state index is 6.24. The second kappa shape index (κ2) is 5.23. The van der Waals surface area contributed by atoms with Gasteiger partial charge in [0.25, 0.3) is 0 Å². The Labute approximate surface area is 115 Å². The van der Waals surface area contributed by atoms with Gasteiger partial charge >= 0.3 is 0 Å². The number of rotatable bonds is 4. The van der Waals surface area contributed by atoms with Crippen LogP contribution in [0.5, 0.6) is 0 Å². The number of nitrogens with two attached hydrogens (primary N) is 1. The molecule has 2 N–H and O–H groups in total. The van der Waals surface area contributed by atoms with E-state index in [9.17, 15) is 0 Å². The van der Waals surface area contributed by atoms with E-state index in [1.165, 1.54) is 38.5 Å². The Kier molecular flexibility index (Phi) is 3.61. The zero-order valence-electron chi connectivity index (χ0n) is 11.9. The second-order valence-corrected chi connectivity index (χ2v) is 6.58. The molecule has 0 spiro atoms. The summed E-state index contributed by atoms with van der Waals surface area (Å²) in [5, 5.41) is 4.21. The molecule has 4 nitrogen and oxygen atoms in total. The van der Waals surface area contributed by atoms with Crippen molar-refractivity contribution >= 4 is 0 Å². The topological polar surface area (TPSA) is 64.9 Å². The summed E-state index contributed by atoms with van der Waals surface area (Å²) in [4.78, 5) is 4.61. The predicted octanol–water partition coefficient (Wildman–Crippen LogP) is 3.18. The van der Waals surface area contributed by atoms with E-state index in [0.717, 1.165) is 36.9 Å². The lowest BCUT2D eigenvalue weighted by Crippen LogP contribution is -2.48. The monoisotopic (exact) mass is 263 g/mol. The molecule has 4 heteroatoms. The summed E-state index contributed by atoms with van der Waals surface area (Å²) >= 11 is 0. The Balaban J connectivity index is 1.63. The molecule has 19 heavy (non-hydrogen) atoms. The average Bonchev–Trinajstić information content (AvgIpc) is 2.85.